The zero-order valence-corrected chi connectivity index (χ0v) is 10.6. The Hall–Kier alpha value is -1.81. The van der Waals surface area contributed by atoms with E-state index >= 15 is 0 Å². The number of ether oxygens (including phenoxy) is 1. The maximum atomic E-state index is 11.3. The molecule has 0 fully saturated rings. The van der Waals surface area contributed by atoms with Crippen molar-refractivity contribution in [1.82, 2.24) is 5.32 Å². The number of benzene rings is 1. The molecule has 0 aliphatic rings. The molecule has 0 saturated heterocycles. The summed E-state index contributed by atoms with van der Waals surface area (Å²) in [6, 6.07) is 8.95. The Morgan fingerprint density at radius 3 is 2.72 bits per heavy atom. The standard InChI is InChI=1S/C14H19NO3/c1-3-4-10-15-11-14(2,13(16)17)18-12-8-6-5-7-9-12/h3,5-9,15H,1,4,10-11H2,2H3,(H,16,17). The summed E-state index contributed by atoms with van der Waals surface area (Å²) >= 11 is 0. The number of hydrogen-bond acceptors (Lipinski definition) is 3. The fraction of sp³-hybridized carbons (Fsp3) is 0.357. The lowest BCUT2D eigenvalue weighted by molar-refractivity contribution is -0.153. The van der Waals surface area contributed by atoms with E-state index in [1.54, 1.807) is 25.1 Å². The molecule has 18 heavy (non-hydrogen) atoms. The van der Waals surface area contributed by atoms with E-state index in [0.717, 1.165) is 6.42 Å². The van der Waals surface area contributed by atoms with Crippen LogP contribution in [0, 0.1) is 0 Å². The van der Waals surface area contributed by atoms with Crippen LogP contribution >= 0.6 is 0 Å². The van der Waals surface area contributed by atoms with Crippen LogP contribution in [0.1, 0.15) is 13.3 Å². The number of carboxylic acids is 1. The lowest BCUT2D eigenvalue weighted by Crippen LogP contribution is -2.50. The summed E-state index contributed by atoms with van der Waals surface area (Å²) in [5.74, 6) is -0.439. The molecule has 4 nitrogen and oxygen atoms in total. The number of aliphatic carboxylic acids is 1. The summed E-state index contributed by atoms with van der Waals surface area (Å²) in [5.41, 5.74) is -1.28. The predicted molar refractivity (Wildman–Crippen MR) is 70.8 cm³/mol. The zero-order valence-electron chi connectivity index (χ0n) is 10.6. The molecule has 1 aromatic rings. The Bertz CT molecular complexity index is 391. The van der Waals surface area contributed by atoms with Crippen LogP contribution in [0.25, 0.3) is 0 Å². The van der Waals surface area contributed by atoms with Crippen LogP contribution in [-0.4, -0.2) is 29.8 Å². The van der Waals surface area contributed by atoms with E-state index in [9.17, 15) is 9.90 Å². The molecule has 0 radical (unpaired) electrons. The summed E-state index contributed by atoms with van der Waals surface area (Å²) in [5, 5.41) is 12.3. The van der Waals surface area contributed by atoms with Crippen molar-refractivity contribution in [3.05, 3.63) is 43.0 Å². The minimum absolute atomic E-state index is 0.241. The van der Waals surface area contributed by atoms with Gasteiger partial charge in [0.15, 0.2) is 0 Å². The van der Waals surface area contributed by atoms with Crippen LogP contribution in [0.4, 0.5) is 0 Å². The van der Waals surface area contributed by atoms with E-state index in [-0.39, 0.29) is 6.54 Å². The molecule has 0 aliphatic heterocycles. The van der Waals surface area contributed by atoms with Gasteiger partial charge in [0.2, 0.25) is 5.60 Å². The van der Waals surface area contributed by atoms with Crippen molar-refractivity contribution in [1.29, 1.82) is 0 Å². The van der Waals surface area contributed by atoms with Gasteiger partial charge >= 0.3 is 5.97 Å². The topological polar surface area (TPSA) is 58.6 Å². The van der Waals surface area contributed by atoms with Crippen molar-refractivity contribution in [2.24, 2.45) is 0 Å². The van der Waals surface area contributed by atoms with Crippen molar-refractivity contribution in [2.75, 3.05) is 13.1 Å². The number of rotatable bonds is 8. The van der Waals surface area contributed by atoms with Crippen molar-refractivity contribution in [2.45, 2.75) is 18.9 Å². The summed E-state index contributed by atoms with van der Waals surface area (Å²) in [4.78, 5) is 11.3. The van der Waals surface area contributed by atoms with E-state index in [1.807, 2.05) is 18.2 Å². The van der Waals surface area contributed by atoms with Gasteiger partial charge in [-0.3, -0.25) is 0 Å². The second-order valence-corrected chi connectivity index (χ2v) is 4.21. The van der Waals surface area contributed by atoms with Gasteiger partial charge in [0, 0.05) is 6.54 Å². The highest BCUT2D eigenvalue weighted by Crippen LogP contribution is 2.17. The Morgan fingerprint density at radius 2 is 2.17 bits per heavy atom. The minimum atomic E-state index is -1.28. The van der Waals surface area contributed by atoms with Crippen LogP contribution in [0.3, 0.4) is 0 Å². The average molecular weight is 249 g/mol. The summed E-state index contributed by atoms with van der Waals surface area (Å²) in [7, 11) is 0. The molecule has 0 amide bonds. The summed E-state index contributed by atoms with van der Waals surface area (Å²) in [6.07, 6.45) is 2.57. The third kappa shape index (κ3) is 4.22. The third-order valence-corrected chi connectivity index (χ3v) is 2.53. The van der Waals surface area contributed by atoms with Crippen LogP contribution in [0.5, 0.6) is 5.75 Å². The molecule has 0 aliphatic carbocycles. The lowest BCUT2D eigenvalue weighted by Gasteiger charge is -2.26. The number of nitrogens with one attached hydrogen (secondary N) is 1. The number of hydrogen-bond donors (Lipinski definition) is 2. The van der Waals surface area contributed by atoms with Crippen molar-refractivity contribution in [3.63, 3.8) is 0 Å². The first kappa shape index (κ1) is 14.3. The van der Waals surface area contributed by atoms with E-state index in [0.29, 0.717) is 12.3 Å². The van der Waals surface area contributed by atoms with Gasteiger partial charge in [-0.15, -0.1) is 6.58 Å². The molecule has 1 rings (SSSR count). The van der Waals surface area contributed by atoms with Gasteiger partial charge < -0.3 is 15.2 Å². The second-order valence-electron chi connectivity index (χ2n) is 4.21. The van der Waals surface area contributed by atoms with Gasteiger partial charge in [-0.25, -0.2) is 4.79 Å². The summed E-state index contributed by atoms with van der Waals surface area (Å²) in [6.45, 7) is 6.09. The molecule has 0 bridgehead atoms. The Labute approximate surface area is 107 Å². The van der Waals surface area contributed by atoms with Crippen molar-refractivity contribution < 1.29 is 14.6 Å². The molecule has 0 heterocycles. The van der Waals surface area contributed by atoms with E-state index in [4.69, 9.17) is 4.74 Å². The van der Waals surface area contributed by atoms with E-state index in [1.165, 1.54) is 0 Å². The quantitative estimate of drug-likeness (QED) is 0.547. The molecule has 0 saturated carbocycles. The molecule has 4 heteroatoms. The van der Waals surface area contributed by atoms with Gasteiger partial charge in [0.05, 0.1) is 0 Å². The number of carbonyl (C=O) groups is 1. The normalized spacial score (nSPS) is 13.6. The highest BCUT2D eigenvalue weighted by atomic mass is 16.5. The first-order valence-corrected chi connectivity index (χ1v) is 5.87. The fourth-order valence-electron chi connectivity index (χ4n) is 1.44. The SMILES string of the molecule is C=CCCNCC(C)(Oc1ccccc1)C(=O)O. The molecule has 0 spiro atoms. The molecule has 1 unspecified atom stereocenters. The fourth-order valence-corrected chi connectivity index (χ4v) is 1.44. The van der Waals surface area contributed by atoms with Gasteiger partial charge in [-0.05, 0) is 32.0 Å². The smallest absolute Gasteiger partial charge is 0.349 e. The zero-order chi connectivity index (χ0) is 13.4. The predicted octanol–water partition coefficient (Wildman–Crippen LogP) is 2.07. The molecule has 0 aromatic heterocycles. The van der Waals surface area contributed by atoms with Gasteiger partial charge in [0.1, 0.15) is 5.75 Å². The lowest BCUT2D eigenvalue weighted by atomic mass is 10.1. The first-order valence-electron chi connectivity index (χ1n) is 5.87. The maximum absolute atomic E-state index is 11.3. The molecule has 2 N–H and O–H groups in total. The largest absolute Gasteiger partial charge is 0.478 e. The van der Waals surface area contributed by atoms with Gasteiger partial charge in [-0.1, -0.05) is 24.3 Å². The van der Waals surface area contributed by atoms with Gasteiger partial charge in [-0.2, -0.15) is 0 Å². The maximum Gasteiger partial charge on any atom is 0.349 e. The van der Waals surface area contributed by atoms with E-state index < -0.39 is 11.6 Å². The summed E-state index contributed by atoms with van der Waals surface area (Å²) < 4.78 is 5.56. The highest BCUT2D eigenvalue weighted by Gasteiger charge is 2.35. The van der Waals surface area contributed by atoms with Gasteiger partial charge in [0.25, 0.3) is 0 Å². The molecule has 1 atom stereocenters. The minimum Gasteiger partial charge on any atom is -0.478 e. The number of carboxylic acid groups (broad SMARTS) is 1. The Balaban J connectivity index is 2.62. The molecular weight excluding hydrogens is 230 g/mol. The van der Waals surface area contributed by atoms with Crippen LogP contribution in [-0.2, 0) is 4.79 Å². The molecule has 1 aromatic carbocycles. The molecular formula is C14H19NO3. The number of para-hydroxylation sites is 1. The van der Waals surface area contributed by atoms with Crippen molar-refractivity contribution >= 4 is 5.97 Å². The van der Waals surface area contributed by atoms with Crippen LogP contribution in [0.15, 0.2) is 43.0 Å². The monoisotopic (exact) mass is 249 g/mol. The van der Waals surface area contributed by atoms with Crippen molar-refractivity contribution in [3.8, 4) is 5.75 Å². The van der Waals surface area contributed by atoms with E-state index in [2.05, 4.69) is 11.9 Å². The third-order valence-electron chi connectivity index (χ3n) is 2.53. The molecule has 98 valence electrons. The van der Waals surface area contributed by atoms with Crippen LogP contribution in [0.2, 0.25) is 0 Å². The van der Waals surface area contributed by atoms with Crippen LogP contribution < -0.4 is 10.1 Å². The Morgan fingerprint density at radius 1 is 1.50 bits per heavy atom. The highest BCUT2D eigenvalue weighted by molar-refractivity contribution is 5.77. The Kier molecular flexibility index (Phi) is 5.39. The average Bonchev–Trinajstić information content (AvgIpc) is 2.36. The first-order chi connectivity index (χ1) is 8.58. The second kappa shape index (κ2) is 6.81.